The van der Waals surface area contributed by atoms with Gasteiger partial charge in [0.1, 0.15) is 24.3 Å². The maximum Gasteiger partial charge on any atom is 0.125 e. The van der Waals surface area contributed by atoms with Crippen LogP contribution in [0.2, 0.25) is 0 Å². The monoisotopic (exact) mass is 324 g/mol. The molecule has 0 radical (unpaired) electrons. The number of benzene rings is 2. The number of fused-ring (bicyclic) bond motifs is 1. The van der Waals surface area contributed by atoms with Crippen LogP contribution in [0.5, 0.6) is 5.75 Å². The highest BCUT2D eigenvalue weighted by Gasteiger charge is 2.13. The molecule has 3 aromatic rings. The number of rotatable bonds is 5. The van der Waals surface area contributed by atoms with E-state index >= 15 is 0 Å². The van der Waals surface area contributed by atoms with Crippen LogP contribution in [-0.2, 0) is 6.54 Å². The van der Waals surface area contributed by atoms with Gasteiger partial charge in [0.15, 0.2) is 0 Å². The Labute approximate surface area is 142 Å². The van der Waals surface area contributed by atoms with Crippen LogP contribution in [0.3, 0.4) is 0 Å². The molecular weight excluding hydrogens is 300 g/mol. The summed E-state index contributed by atoms with van der Waals surface area (Å²) in [6.45, 7) is 8.84. The van der Waals surface area contributed by atoms with Crippen LogP contribution >= 0.6 is 0 Å². The second-order valence-electron chi connectivity index (χ2n) is 6.45. The second kappa shape index (κ2) is 6.65. The predicted molar refractivity (Wildman–Crippen MR) is 96.6 cm³/mol. The van der Waals surface area contributed by atoms with Crippen molar-refractivity contribution in [2.45, 2.75) is 40.3 Å². The Hall–Kier alpha value is -2.33. The molecule has 2 aromatic carbocycles. The van der Waals surface area contributed by atoms with Crippen molar-refractivity contribution in [3.8, 4) is 5.75 Å². The minimum atomic E-state index is -0.596. The number of nitrogens with zero attached hydrogens (tertiary/aromatic N) is 2. The molecule has 1 heterocycles. The molecule has 1 atom stereocenters. The first-order valence-corrected chi connectivity index (χ1v) is 8.26. The lowest BCUT2D eigenvalue weighted by Crippen LogP contribution is -2.24. The van der Waals surface area contributed by atoms with Gasteiger partial charge in [0, 0.05) is 0 Å². The lowest BCUT2D eigenvalue weighted by atomic mass is 10.1. The average molecular weight is 324 g/mol. The minimum absolute atomic E-state index is 0.261. The number of aliphatic hydroxyl groups is 1. The molecule has 0 amide bonds. The number of hydrogen-bond donors (Lipinski definition) is 1. The summed E-state index contributed by atoms with van der Waals surface area (Å²) in [4.78, 5) is 4.53. The van der Waals surface area contributed by atoms with E-state index in [0.717, 1.165) is 33.7 Å². The van der Waals surface area contributed by atoms with Crippen LogP contribution in [0, 0.1) is 27.7 Å². The van der Waals surface area contributed by atoms with Crippen LogP contribution in [0.25, 0.3) is 11.0 Å². The average Bonchev–Trinajstić information content (AvgIpc) is 2.82. The van der Waals surface area contributed by atoms with Crippen LogP contribution < -0.4 is 4.74 Å². The van der Waals surface area contributed by atoms with E-state index in [-0.39, 0.29) is 6.61 Å². The summed E-state index contributed by atoms with van der Waals surface area (Å²) in [6.07, 6.45) is -0.596. The summed E-state index contributed by atoms with van der Waals surface area (Å²) in [5.74, 6) is 1.77. The third kappa shape index (κ3) is 3.29. The number of para-hydroxylation sites is 2. The molecule has 24 heavy (non-hydrogen) atoms. The first kappa shape index (κ1) is 16.5. The first-order chi connectivity index (χ1) is 11.5. The fourth-order valence-electron chi connectivity index (χ4n) is 3.26. The van der Waals surface area contributed by atoms with Crippen molar-refractivity contribution in [1.29, 1.82) is 0 Å². The molecule has 0 aliphatic rings. The molecule has 0 saturated heterocycles. The number of aliphatic hydroxyl groups excluding tert-OH is 1. The van der Waals surface area contributed by atoms with E-state index in [4.69, 9.17) is 4.74 Å². The molecule has 0 aliphatic heterocycles. The van der Waals surface area contributed by atoms with E-state index in [1.54, 1.807) is 0 Å². The molecule has 0 saturated carbocycles. The van der Waals surface area contributed by atoms with Gasteiger partial charge in [-0.05, 0) is 51.0 Å². The SMILES string of the molecule is Cc1cc(C)c(OC[C@H](O)Cn2c(C)nc3ccccc32)c(C)c1. The Kier molecular flexibility index (Phi) is 4.58. The number of imidazole rings is 1. The maximum absolute atomic E-state index is 10.4. The van der Waals surface area contributed by atoms with Gasteiger partial charge in [-0.15, -0.1) is 0 Å². The minimum Gasteiger partial charge on any atom is -0.490 e. The standard InChI is InChI=1S/C20H24N2O2/c1-13-9-14(2)20(15(3)10-13)24-12-17(23)11-22-16(4)21-18-7-5-6-8-19(18)22/h5-10,17,23H,11-12H2,1-4H3/t17-/m1/s1. The van der Waals surface area contributed by atoms with Crippen LogP contribution in [0.1, 0.15) is 22.5 Å². The van der Waals surface area contributed by atoms with Crippen molar-refractivity contribution in [2.75, 3.05) is 6.61 Å². The van der Waals surface area contributed by atoms with Crippen molar-refractivity contribution in [1.82, 2.24) is 9.55 Å². The smallest absolute Gasteiger partial charge is 0.125 e. The maximum atomic E-state index is 10.4. The Balaban J connectivity index is 1.72. The highest BCUT2D eigenvalue weighted by atomic mass is 16.5. The van der Waals surface area contributed by atoms with Crippen molar-refractivity contribution in [3.05, 3.63) is 58.9 Å². The largest absolute Gasteiger partial charge is 0.490 e. The fourth-order valence-corrected chi connectivity index (χ4v) is 3.26. The summed E-state index contributed by atoms with van der Waals surface area (Å²) in [5, 5.41) is 10.4. The van der Waals surface area contributed by atoms with Gasteiger partial charge in [0.25, 0.3) is 0 Å². The van der Waals surface area contributed by atoms with Gasteiger partial charge >= 0.3 is 0 Å². The van der Waals surface area contributed by atoms with E-state index in [1.165, 1.54) is 5.56 Å². The van der Waals surface area contributed by atoms with Gasteiger partial charge in [-0.3, -0.25) is 0 Å². The zero-order chi connectivity index (χ0) is 17.3. The van der Waals surface area contributed by atoms with Crippen LogP contribution in [0.4, 0.5) is 0 Å². The molecule has 1 N–H and O–H groups in total. The van der Waals surface area contributed by atoms with Gasteiger partial charge in [0.05, 0.1) is 17.6 Å². The number of ether oxygens (including phenoxy) is 1. The third-order valence-electron chi connectivity index (χ3n) is 4.26. The molecule has 126 valence electrons. The number of aromatic nitrogens is 2. The van der Waals surface area contributed by atoms with Gasteiger partial charge in [-0.25, -0.2) is 4.98 Å². The highest BCUT2D eigenvalue weighted by molar-refractivity contribution is 5.75. The van der Waals surface area contributed by atoms with Gasteiger partial charge in [-0.1, -0.05) is 29.8 Å². The molecule has 0 fully saturated rings. The normalized spacial score (nSPS) is 12.5. The lowest BCUT2D eigenvalue weighted by molar-refractivity contribution is 0.0923. The van der Waals surface area contributed by atoms with Gasteiger partial charge < -0.3 is 14.4 Å². The summed E-state index contributed by atoms with van der Waals surface area (Å²) in [7, 11) is 0. The van der Waals surface area contributed by atoms with E-state index in [1.807, 2.05) is 49.6 Å². The van der Waals surface area contributed by atoms with E-state index in [9.17, 15) is 5.11 Å². The topological polar surface area (TPSA) is 47.3 Å². The van der Waals surface area contributed by atoms with Crippen molar-refractivity contribution in [2.24, 2.45) is 0 Å². The summed E-state index contributed by atoms with van der Waals surface area (Å²) in [5.41, 5.74) is 5.41. The number of hydrogen-bond acceptors (Lipinski definition) is 3. The Morgan fingerprint density at radius 1 is 1.08 bits per heavy atom. The molecule has 0 aliphatic carbocycles. The molecule has 0 unspecified atom stereocenters. The Bertz CT molecular complexity index is 844. The summed E-state index contributed by atoms with van der Waals surface area (Å²) < 4.78 is 7.94. The van der Waals surface area contributed by atoms with Crippen molar-refractivity contribution in [3.63, 3.8) is 0 Å². The van der Waals surface area contributed by atoms with Crippen molar-refractivity contribution >= 4 is 11.0 Å². The molecule has 1 aromatic heterocycles. The zero-order valence-corrected chi connectivity index (χ0v) is 14.7. The predicted octanol–water partition coefficient (Wildman–Crippen LogP) is 3.71. The van der Waals surface area contributed by atoms with Gasteiger partial charge in [0.2, 0.25) is 0 Å². The summed E-state index contributed by atoms with van der Waals surface area (Å²) >= 11 is 0. The Morgan fingerprint density at radius 3 is 2.46 bits per heavy atom. The molecule has 0 spiro atoms. The zero-order valence-electron chi connectivity index (χ0n) is 14.7. The number of aryl methyl sites for hydroxylation is 4. The quantitative estimate of drug-likeness (QED) is 0.778. The van der Waals surface area contributed by atoms with E-state index < -0.39 is 6.10 Å². The summed E-state index contributed by atoms with van der Waals surface area (Å²) in [6, 6.07) is 12.2. The van der Waals surface area contributed by atoms with E-state index in [2.05, 4.69) is 24.0 Å². The van der Waals surface area contributed by atoms with Crippen molar-refractivity contribution < 1.29 is 9.84 Å². The fraction of sp³-hybridized carbons (Fsp3) is 0.350. The lowest BCUT2D eigenvalue weighted by Gasteiger charge is -2.17. The molecule has 0 bridgehead atoms. The molecular formula is C20H24N2O2. The molecule has 3 rings (SSSR count). The van der Waals surface area contributed by atoms with Crippen LogP contribution in [-0.4, -0.2) is 27.4 Å². The van der Waals surface area contributed by atoms with Gasteiger partial charge in [-0.2, -0.15) is 0 Å². The van der Waals surface area contributed by atoms with E-state index in [0.29, 0.717) is 6.54 Å². The van der Waals surface area contributed by atoms with Crippen LogP contribution in [0.15, 0.2) is 36.4 Å². The first-order valence-electron chi connectivity index (χ1n) is 8.26. The Morgan fingerprint density at radius 2 is 1.75 bits per heavy atom. The molecule has 4 heteroatoms. The third-order valence-corrected chi connectivity index (χ3v) is 4.26. The molecule has 4 nitrogen and oxygen atoms in total. The second-order valence-corrected chi connectivity index (χ2v) is 6.45. The highest BCUT2D eigenvalue weighted by Crippen LogP contribution is 2.25.